The molecule has 0 unspecified atom stereocenters. The highest BCUT2D eigenvalue weighted by molar-refractivity contribution is 6.36. The largest absolute Gasteiger partial charge is 0.497 e. The van der Waals surface area contributed by atoms with Crippen molar-refractivity contribution >= 4 is 23.1 Å². The molecule has 0 aromatic heterocycles. The molecule has 0 spiro atoms. The number of ether oxygens (including phenoxy) is 2. The summed E-state index contributed by atoms with van der Waals surface area (Å²) >= 11 is 0. The van der Waals surface area contributed by atoms with Crippen LogP contribution in [0.4, 0.5) is 5.69 Å². The summed E-state index contributed by atoms with van der Waals surface area (Å²) in [5.41, 5.74) is 2.66. The highest BCUT2D eigenvalue weighted by atomic mass is 16.5. The van der Waals surface area contributed by atoms with E-state index in [1.165, 1.54) is 12.0 Å². The molecule has 0 saturated carbocycles. The van der Waals surface area contributed by atoms with Gasteiger partial charge in [-0.3, -0.25) is 14.5 Å². The molecule has 6 nitrogen and oxygen atoms in total. The van der Waals surface area contributed by atoms with E-state index in [-0.39, 0.29) is 24.1 Å². The van der Waals surface area contributed by atoms with E-state index in [2.05, 4.69) is 5.32 Å². The monoisotopic (exact) mass is 414 g/mol. The summed E-state index contributed by atoms with van der Waals surface area (Å²) in [5.74, 6) is 0.404. The third kappa shape index (κ3) is 4.00. The summed E-state index contributed by atoms with van der Waals surface area (Å²) in [4.78, 5) is 27.9. The molecule has 31 heavy (non-hydrogen) atoms. The molecular formula is C25H22N2O4. The van der Waals surface area contributed by atoms with E-state index in [4.69, 9.17) is 9.47 Å². The summed E-state index contributed by atoms with van der Waals surface area (Å²) in [6.07, 6.45) is 0. The highest BCUT2D eigenvalue weighted by Crippen LogP contribution is 2.35. The van der Waals surface area contributed by atoms with Gasteiger partial charge in [0.15, 0.2) is 0 Å². The number of nitrogens with one attached hydrogen (secondary N) is 1. The zero-order valence-electron chi connectivity index (χ0n) is 17.3. The maximum atomic E-state index is 13.4. The van der Waals surface area contributed by atoms with Crippen molar-refractivity contribution < 1.29 is 19.1 Å². The Kier molecular flexibility index (Phi) is 5.71. The molecule has 1 heterocycles. The second-order valence-electron chi connectivity index (χ2n) is 6.99. The fourth-order valence-electron chi connectivity index (χ4n) is 3.51. The fraction of sp³-hybridized carbons (Fsp3) is 0.120. The van der Waals surface area contributed by atoms with Crippen LogP contribution in [0.2, 0.25) is 0 Å². The lowest BCUT2D eigenvalue weighted by Crippen LogP contribution is -2.32. The van der Waals surface area contributed by atoms with Crippen LogP contribution in [0.3, 0.4) is 0 Å². The SMILES string of the molecule is COc1ccc(NC2=C(c3ccccc3)C(=O)N(Cc3ccccc3)C2=O)c(OC)c1. The van der Waals surface area contributed by atoms with Gasteiger partial charge in [-0.15, -0.1) is 0 Å². The molecule has 6 heteroatoms. The Morgan fingerprint density at radius 3 is 2.13 bits per heavy atom. The van der Waals surface area contributed by atoms with E-state index in [9.17, 15) is 9.59 Å². The Bertz CT molecular complexity index is 1140. The summed E-state index contributed by atoms with van der Waals surface area (Å²) in [5, 5.41) is 3.14. The highest BCUT2D eigenvalue weighted by Gasteiger charge is 2.39. The molecule has 156 valence electrons. The summed E-state index contributed by atoms with van der Waals surface area (Å²) in [6.45, 7) is 0.194. The molecule has 0 bridgehead atoms. The standard InChI is InChI=1S/C25H22N2O4/c1-30-19-13-14-20(21(15-19)31-2)26-23-22(18-11-7-4-8-12-18)24(28)27(25(23)29)16-17-9-5-3-6-10-17/h3-15,26H,16H2,1-2H3. The van der Waals surface area contributed by atoms with E-state index >= 15 is 0 Å². The van der Waals surface area contributed by atoms with Crippen molar-refractivity contribution in [3.8, 4) is 11.5 Å². The fourth-order valence-corrected chi connectivity index (χ4v) is 3.51. The predicted molar refractivity (Wildman–Crippen MR) is 119 cm³/mol. The number of amides is 2. The van der Waals surface area contributed by atoms with Gasteiger partial charge < -0.3 is 14.8 Å². The van der Waals surface area contributed by atoms with Gasteiger partial charge in [0.25, 0.3) is 11.8 Å². The topological polar surface area (TPSA) is 67.9 Å². The van der Waals surface area contributed by atoms with Crippen LogP contribution in [0.25, 0.3) is 5.57 Å². The molecule has 1 aliphatic rings. The first-order valence-electron chi connectivity index (χ1n) is 9.81. The van der Waals surface area contributed by atoms with Gasteiger partial charge in [0.1, 0.15) is 17.2 Å². The predicted octanol–water partition coefficient (Wildman–Crippen LogP) is 4.10. The van der Waals surface area contributed by atoms with Gasteiger partial charge in [-0.25, -0.2) is 0 Å². The number of rotatable bonds is 7. The van der Waals surface area contributed by atoms with Crippen molar-refractivity contribution in [2.75, 3.05) is 19.5 Å². The number of benzene rings is 3. The van der Waals surface area contributed by atoms with Crippen LogP contribution in [-0.2, 0) is 16.1 Å². The minimum absolute atomic E-state index is 0.194. The van der Waals surface area contributed by atoms with Crippen LogP contribution < -0.4 is 14.8 Å². The number of hydrogen-bond acceptors (Lipinski definition) is 5. The smallest absolute Gasteiger partial charge is 0.278 e. The molecule has 0 fully saturated rings. The van der Waals surface area contributed by atoms with Crippen LogP contribution in [0, 0.1) is 0 Å². The summed E-state index contributed by atoms with van der Waals surface area (Å²) in [7, 11) is 3.11. The number of carbonyl (C=O) groups is 2. The molecule has 0 atom stereocenters. The molecule has 4 rings (SSSR count). The molecule has 1 aliphatic heterocycles. The lowest BCUT2D eigenvalue weighted by atomic mass is 10.0. The lowest BCUT2D eigenvalue weighted by Gasteiger charge is -2.16. The number of methoxy groups -OCH3 is 2. The molecule has 0 aliphatic carbocycles. The third-order valence-electron chi connectivity index (χ3n) is 5.08. The van der Waals surface area contributed by atoms with Crippen molar-refractivity contribution in [2.24, 2.45) is 0 Å². The second-order valence-corrected chi connectivity index (χ2v) is 6.99. The van der Waals surface area contributed by atoms with Gasteiger partial charge in [-0.05, 0) is 23.3 Å². The Balaban J connectivity index is 1.75. The van der Waals surface area contributed by atoms with Gasteiger partial charge in [0.2, 0.25) is 0 Å². The molecule has 3 aromatic rings. The Labute approximate surface area is 180 Å². The van der Waals surface area contributed by atoms with Crippen LogP contribution in [-0.4, -0.2) is 30.9 Å². The van der Waals surface area contributed by atoms with Crippen molar-refractivity contribution in [3.63, 3.8) is 0 Å². The van der Waals surface area contributed by atoms with E-state index in [0.29, 0.717) is 28.3 Å². The molecule has 0 radical (unpaired) electrons. The second kappa shape index (κ2) is 8.75. The van der Waals surface area contributed by atoms with Crippen LogP contribution in [0.5, 0.6) is 11.5 Å². The lowest BCUT2D eigenvalue weighted by molar-refractivity contribution is -0.137. The normalized spacial score (nSPS) is 13.5. The Morgan fingerprint density at radius 2 is 1.48 bits per heavy atom. The van der Waals surface area contributed by atoms with E-state index in [1.54, 1.807) is 25.3 Å². The molecule has 2 amide bonds. The van der Waals surface area contributed by atoms with E-state index in [1.807, 2.05) is 60.7 Å². The first-order valence-corrected chi connectivity index (χ1v) is 9.81. The van der Waals surface area contributed by atoms with Crippen LogP contribution in [0.15, 0.2) is 84.6 Å². The van der Waals surface area contributed by atoms with Crippen molar-refractivity contribution in [1.29, 1.82) is 0 Å². The van der Waals surface area contributed by atoms with Crippen LogP contribution >= 0.6 is 0 Å². The number of hydrogen-bond donors (Lipinski definition) is 1. The summed E-state index contributed by atoms with van der Waals surface area (Å²) < 4.78 is 10.7. The molecule has 0 saturated heterocycles. The number of nitrogens with zero attached hydrogens (tertiary/aromatic N) is 1. The summed E-state index contributed by atoms with van der Waals surface area (Å²) in [6, 6.07) is 23.9. The van der Waals surface area contributed by atoms with Crippen molar-refractivity contribution in [2.45, 2.75) is 6.54 Å². The van der Waals surface area contributed by atoms with Gasteiger partial charge in [-0.2, -0.15) is 0 Å². The first-order chi connectivity index (χ1) is 15.1. The number of anilines is 1. The van der Waals surface area contributed by atoms with Gasteiger partial charge in [0, 0.05) is 6.07 Å². The number of imide groups is 1. The van der Waals surface area contributed by atoms with Crippen LogP contribution in [0.1, 0.15) is 11.1 Å². The molecule has 1 N–H and O–H groups in total. The van der Waals surface area contributed by atoms with Crippen molar-refractivity contribution in [1.82, 2.24) is 4.90 Å². The average Bonchev–Trinajstić information content (AvgIpc) is 3.04. The minimum Gasteiger partial charge on any atom is -0.497 e. The first kappa shape index (κ1) is 20.2. The zero-order chi connectivity index (χ0) is 21.8. The zero-order valence-corrected chi connectivity index (χ0v) is 17.3. The van der Waals surface area contributed by atoms with E-state index < -0.39 is 0 Å². The minimum atomic E-state index is -0.384. The number of carbonyl (C=O) groups excluding carboxylic acids is 2. The Morgan fingerprint density at radius 1 is 0.806 bits per heavy atom. The maximum Gasteiger partial charge on any atom is 0.278 e. The van der Waals surface area contributed by atoms with E-state index in [0.717, 1.165) is 5.56 Å². The third-order valence-corrected chi connectivity index (χ3v) is 5.08. The quantitative estimate of drug-likeness (QED) is 0.590. The Hall–Kier alpha value is -4.06. The van der Waals surface area contributed by atoms with Gasteiger partial charge in [-0.1, -0.05) is 60.7 Å². The average molecular weight is 414 g/mol. The van der Waals surface area contributed by atoms with Gasteiger partial charge in [0.05, 0.1) is 32.0 Å². The molecule has 3 aromatic carbocycles. The van der Waals surface area contributed by atoms with Gasteiger partial charge >= 0.3 is 0 Å². The van der Waals surface area contributed by atoms with Crippen molar-refractivity contribution in [3.05, 3.63) is 95.7 Å². The maximum absolute atomic E-state index is 13.4. The molecular weight excluding hydrogens is 392 g/mol.